The van der Waals surface area contributed by atoms with Crippen molar-refractivity contribution in [1.29, 1.82) is 0 Å². The third-order valence-electron chi connectivity index (χ3n) is 3.85. The maximum Gasteiger partial charge on any atom is 0.193 e. The molecule has 0 aliphatic carbocycles. The van der Waals surface area contributed by atoms with Crippen molar-refractivity contribution in [2.45, 2.75) is 33.4 Å². The summed E-state index contributed by atoms with van der Waals surface area (Å²) < 4.78 is 10.8. The van der Waals surface area contributed by atoms with E-state index in [1.165, 1.54) is 5.56 Å². The Balaban J connectivity index is 2.62. The molecule has 1 atom stereocenters. The van der Waals surface area contributed by atoms with Gasteiger partial charge in [-0.3, -0.25) is 4.99 Å². The largest absolute Gasteiger partial charge is 0.497 e. The van der Waals surface area contributed by atoms with E-state index >= 15 is 0 Å². The van der Waals surface area contributed by atoms with Crippen LogP contribution < -0.4 is 10.1 Å². The van der Waals surface area contributed by atoms with E-state index in [4.69, 9.17) is 9.47 Å². The number of benzene rings is 1. The van der Waals surface area contributed by atoms with Gasteiger partial charge in [0.05, 0.1) is 13.2 Å². The first-order valence-electron chi connectivity index (χ1n) is 7.89. The second-order valence-corrected chi connectivity index (χ2v) is 6.72. The first kappa shape index (κ1) is 19.3. The SMILES string of the molecule is CN=C(NCC(OC)C(C)(C)C)N(C)Cc1ccc(OC)cc1. The number of hydrogen-bond acceptors (Lipinski definition) is 3. The zero-order chi connectivity index (χ0) is 17.5. The van der Waals surface area contributed by atoms with E-state index in [-0.39, 0.29) is 11.5 Å². The van der Waals surface area contributed by atoms with Crippen molar-refractivity contribution in [3.63, 3.8) is 0 Å². The number of aliphatic imine (C=N–C) groups is 1. The predicted molar refractivity (Wildman–Crippen MR) is 96.1 cm³/mol. The maximum absolute atomic E-state index is 5.58. The molecule has 1 unspecified atom stereocenters. The van der Waals surface area contributed by atoms with Crippen LogP contribution in [0.4, 0.5) is 0 Å². The summed E-state index contributed by atoms with van der Waals surface area (Å²) in [4.78, 5) is 6.45. The van der Waals surface area contributed by atoms with Crippen molar-refractivity contribution in [3.05, 3.63) is 29.8 Å². The fourth-order valence-corrected chi connectivity index (χ4v) is 2.39. The Kier molecular flexibility index (Phi) is 7.36. The molecule has 1 aromatic carbocycles. The highest BCUT2D eigenvalue weighted by atomic mass is 16.5. The number of rotatable bonds is 6. The summed E-state index contributed by atoms with van der Waals surface area (Å²) in [6.45, 7) is 8.02. The van der Waals surface area contributed by atoms with Crippen LogP contribution in [0.25, 0.3) is 0 Å². The molecule has 130 valence electrons. The molecule has 0 fully saturated rings. The summed E-state index contributed by atoms with van der Waals surface area (Å²) in [5.74, 6) is 1.72. The van der Waals surface area contributed by atoms with E-state index < -0.39 is 0 Å². The van der Waals surface area contributed by atoms with Crippen LogP contribution in [0.15, 0.2) is 29.3 Å². The summed E-state index contributed by atoms with van der Waals surface area (Å²) in [6, 6.07) is 8.07. The molecular formula is C18H31N3O2. The average molecular weight is 321 g/mol. The van der Waals surface area contributed by atoms with Gasteiger partial charge in [-0.1, -0.05) is 32.9 Å². The molecule has 0 radical (unpaired) electrons. The minimum Gasteiger partial charge on any atom is -0.497 e. The van der Waals surface area contributed by atoms with E-state index in [1.807, 2.05) is 19.2 Å². The normalized spacial score (nSPS) is 13.6. The second-order valence-electron chi connectivity index (χ2n) is 6.72. The molecule has 1 rings (SSSR count). The smallest absolute Gasteiger partial charge is 0.193 e. The fraction of sp³-hybridized carbons (Fsp3) is 0.611. The predicted octanol–water partition coefficient (Wildman–Crippen LogP) is 2.76. The first-order chi connectivity index (χ1) is 10.8. The van der Waals surface area contributed by atoms with Crippen LogP contribution in [-0.4, -0.2) is 51.8 Å². The Morgan fingerprint density at radius 3 is 2.26 bits per heavy atom. The molecule has 5 nitrogen and oxygen atoms in total. The van der Waals surface area contributed by atoms with Crippen molar-refractivity contribution < 1.29 is 9.47 Å². The topological polar surface area (TPSA) is 46.1 Å². The van der Waals surface area contributed by atoms with Gasteiger partial charge in [0, 0.05) is 34.3 Å². The lowest BCUT2D eigenvalue weighted by molar-refractivity contribution is 0.0202. The van der Waals surface area contributed by atoms with Gasteiger partial charge in [-0.05, 0) is 23.1 Å². The Hall–Kier alpha value is -1.75. The van der Waals surface area contributed by atoms with Gasteiger partial charge in [0.2, 0.25) is 0 Å². The van der Waals surface area contributed by atoms with Crippen LogP contribution in [0.3, 0.4) is 0 Å². The number of hydrogen-bond donors (Lipinski definition) is 1. The molecule has 0 spiro atoms. The molecule has 0 aromatic heterocycles. The summed E-state index contributed by atoms with van der Waals surface area (Å²) in [7, 11) is 7.25. The lowest BCUT2D eigenvalue weighted by Gasteiger charge is -2.31. The van der Waals surface area contributed by atoms with Crippen LogP contribution in [0.5, 0.6) is 5.75 Å². The summed E-state index contributed by atoms with van der Waals surface area (Å²) >= 11 is 0. The van der Waals surface area contributed by atoms with Gasteiger partial charge in [-0.2, -0.15) is 0 Å². The number of guanidine groups is 1. The molecule has 0 aliphatic rings. The molecule has 5 heteroatoms. The van der Waals surface area contributed by atoms with Gasteiger partial charge in [0.1, 0.15) is 5.75 Å². The maximum atomic E-state index is 5.58. The highest BCUT2D eigenvalue weighted by Gasteiger charge is 2.24. The number of methoxy groups -OCH3 is 2. The van der Waals surface area contributed by atoms with Crippen LogP contribution in [0, 0.1) is 5.41 Å². The van der Waals surface area contributed by atoms with Crippen LogP contribution in [-0.2, 0) is 11.3 Å². The van der Waals surface area contributed by atoms with Gasteiger partial charge < -0.3 is 19.7 Å². The van der Waals surface area contributed by atoms with Crippen molar-refractivity contribution >= 4 is 5.96 Å². The van der Waals surface area contributed by atoms with Gasteiger partial charge in [-0.25, -0.2) is 0 Å². The second kappa shape index (κ2) is 8.77. The standard InChI is InChI=1S/C18H31N3O2/c1-18(2,3)16(23-7)12-20-17(19-4)21(5)13-14-8-10-15(22-6)11-9-14/h8-11,16H,12-13H2,1-7H3,(H,19,20). The molecule has 1 N–H and O–H groups in total. The Labute approximate surface area is 140 Å². The first-order valence-corrected chi connectivity index (χ1v) is 7.89. The molecule has 0 saturated heterocycles. The number of ether oxygens (including phenoxy) is 2. The van der Waals surface area contributed by atoms with Gasteiger partial charge in [-0.15, -0.1) is 0 Å². The molecule has 0 bridgehead atoms. The lowest BCUT2D eigenvalue weighted by atomic mass is 9.89. The zero-order valence-corrected chi connectivity index (χ0v) is 15.5. The highest BCUT2D eigenvalue weighted by molar-refractivity contribution is 5.79. The molecule has 1 aromatic rings. The number of nitrogens with zero attached hydrogens (tertiary/aromatic N) is 2. The van der Waals surface area contributed by atoms with Gasteiger partial charge in [0.15, 0.2) is 5.96 Å². The van der Waals surface area contributed by atoms with E-state index in [0.717, 1.165) is 24.8 Å². The van der Waals surface area contributed by atoms with E-state index in [2.05, 4.69) is 48.1 Å². The average Bonchev–Trinajstić information content (AvgIpc) is 2.51. The van der Waals surface area contributed by atoms with Crippen LogP contribution >= 0.6 is 0 Å². The fourth-order valence-electron chi connectivity index (χ4n) is 2.39. The van der Waals surface area contributed by atoms with Crippen molar-refractivity contribution in [3.8, 4) is 5.75 Å². The Morgan fingerprint density at radius 2 is 1.83 bits per heavy atom. The lowest BCUT2D eigenvalue weighted by Crippen LogP contribution is -2.45. The van der Waals surface area contributed by atoms with Crippen molar-refractivity contribution in [2.24, 2.45) is 10.4 Å². The number of nitrogens with one attached hydrogen (secondary N) is 1. The van der Waals surface area contributed by atoms with Crippen molar-refractivity contribution in [2.75, 3.05) is 34.9 Å². The molecular weight excluding hydrogens is 290 g/mol. The summed E-state index contributed by atoms with van der Waals surface area (Å²) in [6.07, 6.45) is 0.119. The summed E-state index contributed by atoms with van der Waals surface area (Å²) in [5.41, 5.74) is 1.28. The summed E-state index contributed by atoms with van der Waals surface area (Å²) in [5, 5.41) is 3.40. The third-order valence-corrected chi connectivity index (χ3v) is 3.85. The Morgan fingerprint density at radius 1 is 1.22 bits per heavy atom. The van der Waals surface area contributed by atoms with Crippen LogP contribution in [0.1, 0.15) is 26.3 Å². The van der Waals surface area contributed by atoms with E-state index in [9.17, 15) is 0 Å². The minimum atomic E-state index is 0.0785. The highest BCUT2D eigenvalue weighted by Crippen LogP contribution is 2.21. The zero-order valence-electron chi connectivity index (χ0n) is 15.5. The molecule has 0 heterocycles. The van der Waals surface area contributed by atoms with Crippen molar-refractivity contribution in [1.82, 2.24) is 10.2 Å². The minimum absolute atomic E-state index is 0.0785. The molecule has 0 amide bonds. The molecule has 23 heavy (non-hydrogen) atoms. The van der Waals surface area contributed by atoms with E-state index in [0.29, 0.717) is 0 Å². The van der Waals surface area contributed by atoms with Crippen LogP contribution in [0.2, 0.25) is 0 Å². The van der Waals surface area contributed by atoms with Gasteiger partial charge in [0.25, 0.3) is 0 Å². The van der Waals surface area contributed by atoms with Gasteiger partial charge >= 0.3 is 0 Å². The monoisotopic (exact) mass is 321 g/mol. The molecule has 0 aliphatic heterocycles. The van der Waals surface area contributed by atoms with E-state index in [1.54, 1.807) is 21.3 Å². The third kappa shape index (κ3) is 6.10. The quantitative estimate of drug-likeness (QED) is 0.646. The molecule has 0 saturated carbocycles. The Bertz CT molecular complexity index is 492.